The minimum Gasteiger partial charge on any atom is -0.365 e. The minimum atomic E-state index is -3.90. The van der Waals surface area contributed by atoms with Gasteiger partial charge in [-0.15, -0.1) is 11.3 Å². The highest BCUT2D eigenvalue weighted by molar-refractivity contribution is 7.93. The Hall–Kier alpha value is -1.87. The van der Waals surface area contributed by atoms with E-state index >= 15 is 0 Å². The molecular weight excluding hydrogens is 350 g/mol. The summed E-state index contributed by atoms with van der Waals surface area (Å²) in [5, 5.41) is 3.95. The molecule has 3 rings (SSSR count). The molecule has 2 aromatic heterocycles. The molecule has 2 heterocycles. The Bertz CT molecular complexity index is 892. The summed E-state index contributed by atoms with van der Waals surface area (Å²) < 4.78 is 32.8. The molecule has 7 nitrogen and oxygen atoms in total. The average molecular weight is 369 g/mol. The smallest absolute Gasteiger partial charge is 0.267 e. The van der Waals surface area contributed by atoms with Gasteiger partial charge in [0, 0.05) is 4.88 Å². The normalized spacial score (nSPS) is 17.5. The number of nitrogens with two attached hydrogens (primary N) is 1. The zero-order chi connectivity index (χ0) is 17.6. The van der Waals surface area contributed by atoms with Crippen molar-refractivity contribution in [2.45, 2.75) is 44.9 Å². The Morgan fingerprint density at radius 2 is 2.12 bits per heavy atom. The Morgan fingerprint density at radius 1 is 1.42 bits per heavy atom. The van der Waals surface area contributed by atoms with Crippen LogP contribution >= 0.6 is 11.3 Å². The van der Waals surface area contributed by atoms with Gasteiger partial charge in [-0.05, 0) is 44.6 Å². The van der Waals surface area contributed by atoms with Gasteiger partial charge >= 0.3 is 0 Å². The average Bonchev–Trinajstić information content (AvgIpc) is 2.97. The number of aromatic nitrogens is 1. The molecule has 0 unspecified atom stereocenters. The molecule has 1 aliphatic carbocycles. The second-order valence-electron chi connectivity index (χ2n) is 6.18. The van der Waals surface area contributed by atoms with Crippen LogP contribution < -0.4 is 10.5 Å². The SMILES string of the molecule is Cc1noc(C)c1S(=O)(=O)Nc1sc2c(c1C(N)=O)CC[C@H](C)C2. The first kappa shape index (κ1) is 17.0. The second kappa shape index (κ2) is 5.89. The van der Waals surface area contributed by atoms with Gasteiger partial charge in [0.15, 0.2) is 10.7 Å². The van der Waals surface area contributed by atoms with Gasteiger partial charge in [-0.3, -0.25) is 9.52 Å². The fourth-order valence-electron chi connectivity index (χ4n) is 3.11. The summed E-state index contributed by atoms with van der Waals surface area (Å²) in [4.78, 5) is 12.9. The number of aryl methyl sites for hydroxylation is 2. The number of nitrogens with one attached hydrogen (secondary N) is 1. The standard InChI is InChI=1S/C15H19N3O4S2/c1-7-4-5-10-11(6-7)23-15(12(10)14(16)19)18-24(20,21)13-8(2)17-22-9(13)3/h7,18H,4-6H2,1-3H3,(H2,16,19)/t7-/m0/s1. The number of thiophene rings is 1. The number of anilines is 1. The van der Waals surface area contributed by atoms with Gasteiger partial charge in [-0.1, -0.05) is 12.1 Å². The third-order valence-electron chi connectivity index (χ3n) is 4.22. The highest BCUT2D eigenvalue weighted by Crippen LogP contribution is 2.40. The molecule has 0 aliphatic heterocycles. The van der Waals surface area contributed by atoms with E-state index in [-0.39, 0.29) is 26.9 Å². The van der Waals surface area contributed by atoms with Crippen molar-refractivity contribution in [2.24, 2.45) is 11.7 Å². The number of sulfonamides is 1. The summed E-state index contributed by atoms with van der Waals surface area (Å²) in [5.41, 5.74) is 6.96. The van der Waals surface area contributed by atoms with Gasteiger partial charge < -0.3 is 10.3 Å². The van der Waals surface area contributed by atoms with Gasteiger partial charge in [0.25, 0.3) is 15.9 Å². The van der Waals surface area contributed by atoms with Crippen LogP contribution in [-0.4, -0.2) is 19.5 Å². The van der Waals surface area contributed by atoms with Crippen LogP contribution in [0.5, 0.6) is 0 Å². The van der Waals surface area contributed by atoms with E-state index in [1.54, 1.807) is 6.92 Å². The molecule has 1 atom stereocenters. The van der Waals surface area contributed by atoms with E-state index in [0.29, 0.717) is 5.92 Å². The van der Waals surface area contributed by atoms with Crippen molar-refractivity contribution in [1.29, 1.82) is 0 Å². The van der Waals surface area contributed by atoms with Crippen molar-refractivity contribution in [3.8, 4) is 0 Å². The summed E-state index contributed by atoms with van der Waals surface area (Å²) in [5.74, 6) is 0.0954. The summed E-state index contributed by atoms with van der Waals surface area (Å²) >= 11 is 1.29. The molecule has 0 bridgehead atoms. The maximum absolute atomic E-state index is 12.7. The number of nitrogens with zero attached hydrogens (tertiary/aromatic N) is 1. The quantitative estimate of drug-likeness (QED) is 0.858. The fourth-order valence-corrected chi connectivity index (χ4v) is 6.17. The van der Waals surface area contributed by atoms with Crippen molar-refractivity contribution in [3.63, 3.8) is 0 Å². The first-order valence-corrected chi connectivity index (χ1v) is 9.90. The lowest BCUT2D eigenvalue weighted by Crippen LogP contribution is -2.20. The van der Waals surface area contributed by atoms with Gasteiger partial charge in [-0.2, -0.15) is 0 Å². The van der Waals surface area contributed by atoms with Crippen LogP contribution in [0.4, 0.5) is 5.00 Å². The molecule has 9 heteroatoms. The summed E-state index contributed by atoms with van der Waals surface area (Å²) in [6.45, 7) is 5.23. The van der Waals surface area contributed by atoms with Gasteiger partial charge in [0.1, 0.15) is 10.7 Å². The molecule has 1 aliphatic rings. The Labute approximate surface area is 144 Å². The van der Waals surface area contributed by atoms with Gasteiger partial charge in [0.2, 0.25) is 0 Å². The van der Waals surface area contributed by atoms with E-state index in [1.165, 1.54) is 18.3 Å². The molecule has 130 valence electrons. The number of carbonyl (C=O) groups excluding carboxylic acids is 1. The fraction of sp³-hybridized carbons (Fsp3) is 0.467. The van der Waals surface area contributed by atoms with Crippen LogP contribution in [0, 0.1) is 19.8 Å². The van der Waals surface area contributed by atoms with Crippen molar-refractivity contribution in [3.05, 3.63) is 27.5 Å². The van der Waals surface area contributed by atoms with Crippen molar-refractivity contribution < 1.29 is 17.7 Å². The Kier molecular flexibility index (Phi) is 4.16. The summed E-state index contributed by atoms with van der Waals surface area (Å²) in [6, 6.07) is 0. The first-order valence-electron chi connectivity index (χ1n) is 7.60. The Morgan fingerprint density at radius 3 is 2.71 bits per heavy atom. The number of hydrogen-bond acceptors (Lipinski definition) is 6. The zero-order valence-electron chi connectivity index (χ0n) is 13.7. The molecule has 0 spiro atoms. The van der Waals surface area contributed by atoms with Crippen molar-refractivity contribution in [1.82, 2.24) is 5.16 Å². The monoisotopic (exact) mass is 369 g/mol. The van der Waals surface area contributed by atoms with Crippen LogP contribution in [0.1, 0.15) is 45.6 Å². The van der Waals surface area contributed by atoms with E-state index in [4.69, 9.17) is 10.3 Å². The van der Waals surface area contributed by atoms with Crippen molar-refractivity contribution >= 4 is 32.3 Å². The molecule has 0 saturated heterocycles. The molecular formula is C15H19N3O4S2. The van der Waals surface area contributed by atoms with Gasteiger partial charge in [-0.25, -0.2) is 8.42 Å². The van der Waals surface area contributed by atoms with E-state index in [1.807, 2.05) is 0 Å². The number of carbonyl (C=O) groups is 1. The maximum atomic E-state index is 12.7. The van der Waals surface area contributed by atoms with Crippen molar-refractivity contribution in [2.75, 3.05) is 4.72 Å². The molecule has 0 fully saturated rings. The topological polar surface area (TPSA) is 115 Å². The number of rotatable bonds is 4. The maximum Gasteiger partial charge on any atom is 0.267 e. The largest absolute Gasteiger partial charge is 0.365 e. The third-order valence-corrected chi connectivity index (χ3v) is 7.11. The lowest BCUT2D eigenvalue weighted by molar-refractivity contribution is 0.100. The van der Waals surface area contributed by atoms with Gasteiger partial charge in [0.05, 0.1) is 5.56 Å². The second-order valence-corrected chi connectivity index (χ2v) is 8.90. The molecule has 0 aromatic carbocycles. The predicted octanol–water partition coefficient (Wildman–Crippen LogP) is 2.38. The summed E-state index contributed by atoms with van der Waals surface area (Å²) in [7, 11) is -3.90. The highest BCUT2D eigenvalue weighted by atomic mass is 32.2. The molecule has 0 saturated carbocycles. The number of fused-ring (bicyclic) bond motifs is 1. The first-order chi connectivity index (χ1) is 11.2. The lowest BCUT2D eigenvalue weighted by atomic mass is 9.88. The van der Waals surface area contributed by atoms with E-state index < -0.39 is 15.9 Å². The molecule has 2 aromatic rings. The minimum absolute atomic E-state index is 0.00217. The van der Waals surface area contributed by atoms with E-state index in [9.17, 15) is 13.2 Å². The van der Waals surface area contributed by atoms with E-state index in [0.717, 1.165) is 29.7 Å². The molecule has 24 heavy (non-hydrogen) atoms. The predicted molar refractivity (Wildman–Crippen MR) is 90.8 cm³/mol. The summed E-state index contributed by atoms with van der Waals surface area (Å²) in [6.07, 6.45) is 2.52. The molecule has 3 N–H and O–H groups in total. The Balaban J connectivity index is 2.06. The van der Waals surface area contributed by atoms with Crippen LogP contribution in [0.15, 0.2) is 9.42 Å². The van der Waals surface area contributed by atoms with Crippen LogP contribution in [-0.2, 0) is 22.9 Å². The van der Waals surface area contributed by atoms with E-state index in [2.05, 4.69) is 16.8 Å². The number of hydrogen-bond donors (Lipinski definition) is 2. The lowest BCUT2D eigenvalue weighted by Gasteiger charge is -2.18. The van der Waals surface area contributed by atoms with Crippen LogP contribution in [0.3, 0.4) is 0 Å². The molecule has 0 radical (unpaired) electrons. The highest BCUT2D eigenvalue weighted by Gasteiger charge is 2.31. The van der Waals surface area contributed by atoms with Crippen LogP contribution in [0.2, 0.25) is 0 Å². The van der Waals surface area contributed by atoms with Crippen LogP contribution in [0.25, 0.3) is 0 Å². The number of primary amides is 1. The zero-order valence-corrected chi connectivity index (χ0v) is 15.3. The third kappa shape index (κ3) is 2.82. The number of amides is 1. The molecule has 1 amide bonds.